The average Bonchev–Trinajstić information content (AvgIpc) is 2.83. The van der Waals surface area contributed by atoms with Crippen LogP contribution >= 0.6 is 27.3 Å². The lowest BCUT2D eigenvalue weighted by Crippen LogP contribution is -2.26. The molecule has 0 bridgehead atoms. The SMILES string of the molecule is CN(Cc1csc(Br)c1)C(=O)c1ccc(C(=O)O)cc1. The molecule has 0 aliphatic heterocycles. The Balaban J connectivity index is 2.08. The van der Waals surface area contributed by atoms with Crippen LogP contribution in [0.1, 0.15) is 26.3 Å². The minimum atomic E-state index is -1.000. The van der Waals surface area contributed by atoms with E-state index in [2.05, 4.69) is 15.9 Å². The molecule has 0 saturated carbocycles. The Hall–Kier alpha value is -1.66. The van der Waals surface area contributed by atoms with Crippen LogP contribution in [0.2, 0.25) is 0 Å². The zero-order chi connectivity index (χ0) is 14.7. The minimum absolute atomic E-state index is 0.135. The first-order valence-corrected chi connectivity index (χ1v) is 7.46. The van der Waals surface area contributed by atoms with Crippen molar-refractivity contribution in [3.8, 4) is 0 Å². The molecular weight excluding hydrogens is 342 g/mol. The molecule has 104 valence electrons. The van der Waals surface area contributed by atoms with Crippen molar-refractivity contribution < 1.29 is 14.7 Å². The summed E-state index contributed by atoms with van der Waals surface area (Å²) in [4.78, 5) is 24.6. The highest BCUT2D eigenvalue weighted by molar-refractivity contribution is 9.11. The summed E-state index contributed by atoms with van der Waals surface area (Å²) in [6, 6.07) is 7.91. The molecule has 1 aromatic carbocycles. The normalized spacial score (nSPS) is 10.3. The summed E-state index contributed by atoms with van der Waals surface area (Å²) < 4.78 is 1.03. The number of carboxylic acids is 1. The van der Waals surface area contributed by atoms with Crippen LogP contribution in [0.3, 0.4) is 0 Å². The molecule has 0 radical (unpaired) electrons. The van der Waals surface area contributed by atoms with E-state index in [1.54, 1.807) is 23.3 Å². The molecule has 6 heteroatoms. The number of carbonyl (C=O) groups is 2. The molecular formula is C14H12BrNO3S. The number of halogens is 1. The fourth-order valence-electron chi connectivity index (χ4n) is 1.75. The first kappa shape index (κ1) is 14.7. The van der Waals surface area contributed by atoms with Crippen molar-refractivity contribution in [2.24, 2.45) is 0 Å². The number of thiophene rings is 1. The minimum Gasteiger partial charge on any atom is -0.478 e. The first-order valence-electron chi connectivity index (χ1n) is 5.79. The Bertz CT molecular complexity index is 636. The lowest BCUT2D eigenvalue weighted by Gasteiger charge is -2.16. The van der Waals surface area contributed by atoms with E-state index in [0.717, 1.165) is 9.35 Å². The maximum atomic E-state index is 12.2. The summed E-state index contributed by atoms with van der Waals surface area (Å²) in [6.45, 7) is 0.515. The molecule has 0 fully saturated rings. The highest BCUT2D eigenvalue weighted by Crippen LogP contribution is 2.22. The third kappa shape index (κ3) is 3.46. The monoisotopic (exact) mass is 353 g/mol. The molecule has 1 aromatic heterocycles. The highest BCUT2D eigenvalue weighted by atomic mass is 79.9. The average molecular weight is 354 g/mol. The van der Waals surface area contributed by atoms with E-state index in [-0.39, 0.29) is 11.5 Å². The van der Waals surface area contributed by atoms with Gasteiger partial charge in [-0.3, -0.25) is 4.79 Å². The molecule has 2 rings (SSSR count). The second-order valence-electron chi connectivity index (χ2n) is 4.30. The smallest absolute Gasteiger partial charge is 0.335 e. The van der Waals surface area contributed by atoms with Gasteiger partial charge < -0.3 is 10.0 Å². The lowest BCUT2D eigenvalue weighted by atomic mass is 10.1. The zero-order valence-electron chi connectivity index (χ0n) is 10.7. The van der Waals surface area contributed by atoms with E-state index >= 15 is 0 Å². The summed E-state index contributed by atoms with van der Waals surface area (Å²) in [5, 5.41) is 10.8. The summed E-state index contributed by atoms with van der Waals surface area (Å²) in [5.74, 6) is -1.13. The Morgan fingerprint density at radius 2 is 1.85 bits per heavy atom. The van der Waals surface area contributed by atoms with Crippen LogP contribution in [0.4, 0.5) is 0 Å². The van der Waals surface area contributed by atoms with Gasteiger partial charge in [0, 0.05) is 19.2 Å². The van der Waals surface area contributed by atoms with E-state index in [9.17, 15) is 9.59 Å². The van der Waals surface area contributed by atoms with Gasteiger partial charge in [0.1, 0.15) is 0 Å². The van der Waals surface area contributed by atoms with Crippen molar-refractivity contribution in [3.05, 3.63) is 56.2 Å². The van der Waals surface area contributed by atoms with Crippen molar-refractivity contribution in [2.75, 3.05) is 7.05 Å². The molecule has 1 N–H and O–H groups in total. The van der Waals surface area contributed by atoms with E-state index in [1.807, 2.05) is 11.4 Å². The van der Waals surface area contributed by atoms with E-state index in [0.29, 0.717) is 12.1 Å². The fraction of sp³-hybridized carbons (Fsp3) is 0.143. The highest BCUT2D eigenvalue weighted by Gasteiger charge is 2.13. The van der Waals surface area contributed by atoms with Crippen molar-refractivity contribution in [1.82, 2.24) is 4.90 Å². The number of carbonyl (C=O) groups excluding carboxylic acids is 1. The Kier molecular flexibility index (Phi) is 4.57. The number of carboxylic acid groups (broad SMARTS) is 1. The van der Waals surface area contributed by atoms with Gasteiger partial charge in [-0.15, -0.1) is 11.3 Å². The second kappa shape index (κ2) is 6.19. The van der Waals surface area contributed by atoms with Gasteiger partial charge in [0.05, 0.1) is 9.35 Å². The van der Waals surface area contributed by atoms with Crippen LogP contribution in [-0.2, 0) is 6.54 Å². The van der Waals surface area contributed by atoms with E-state index < -0.39 is 5.97 Å². The topological polar surface area (TPSA) is 57.6 Å². The van der Waals surface area contributed by atoms with Gasteiger partial charge in [0.2, 0.25) is 0 Å². The van der Waals surface area contributed by atoms with Crippen LogP contribution in [0.5, 0.6) is 0 Å². The standard InChI is InChI=1S/C14H12BrNO3S/c1-16(7-9-6-12(15)20-8-9)13(17)10-2-4-11(5-3-10)14(18)19/h2-6,8H,7H2,1H3,(H,18,19). The van der Waals surface area contributed by atoms with Gasteiger partial charge in [0.25, 0.3) is 5.91 Å². The number of rotatable bonds is 4. The van der Waals surface area contributed by atoms with Crippen LogP contribution in [0.25, 0.3) is 0 Å². The first-order chi connectivity index (χ1) is 9.47. The summed E-state index contributed by atoms with van der Waals surface area (Å²) >= 11 is 4.96. The maximum Gasteiger partial charge on any atom is 0.335 e. The van der Waals surface area contributed by atoms with Gasteiger partial charge in [-0.2, -0.15) is 0 Å². The quantitative estimate of drug-likeness (QED) is 0.915. The molecule has 0 unspecified atom stereocenters. The number of benzene rings is 1. The number of hydrogen-bond acceptors (Lipinski definition) is 3. The maximum absolute atomic E-state index is 12.2. The van der Waals surface area contributed by atoms with Crippen molar-refractivity contribution in [1.29, 1.82) is 0 Å². The van der Waals surface area contributed by atoms with Gasteiger partial charge in [0.15, 0.2) is 0 Å². The molecule has 20 heavy (non-hydrogen) atoms. The largest absolute Gasteiger partial charge is 0.478 e. The number of nitrogens with zero attached hydrogens (tertiary/aromatic N) is 1. The van der Waals surface area contributed by atoms with E-state index in [4.69, 9.17) is 5.11 Å². The predicted molar refractivity (Wildman–Crippen MR) is 81.2 cm³/mol. The molecule has 4 nitrogen and oxygen atoms in total. The summed E-state index contributed by atoms with van der Waals surface area (Å²) in [7, 11) is 1.72. The van der Waals surface area contributed by atoms with Crippen LogP contribution in [0.15, 0.2) is 39.5 Å². The third-order valence-electron chi connectivity index (χ3n) is 2.77. The molecule has 0 saturated heterocycles. The molecule has 1 heterocycles. The van der Waals surface area contributed by atoms with Crippen LogP contribution < -0.4 is 0 Å². The second-order valence-corrected chi connectivity index (χ2v) is 6.59. The van der Waals surface area contributed by atoms with Gasteiger partial charge >= 0.3 is 5.97 Å². The van der Waals surface area contributed by atoms with Crippen molar-refractivity contribution >= 4 is 39.1 Å². The van der Waals surface area contributed by atoms with Crippen LogP contribution in [0, 0.1) is 0 Å². The predicted octanol–water partition coefficient (Wildman–Crippen LogP) is 3.48. The lowest BCUT2D eigenvalue weighted by molar-refractivity contribution is 0.0695. The molecule has 0 atom stereocenters. The Labute approximate surface area is 128 Å². The molecule has 0 spiro atoms. The van der Waals surface area contributed by atoms with E-state index in [1.165, 1.54) is 24.3 Å². The fourth-order valence-corrected chi connectivity index (χ4v) is 2.95. The number of aromatic carboxylic acids is 1. The van der Waals surface area contributed by atoms with Gasteiger partial charge in [-0.05, 0) is 57.2 Å². The molecule has 2 aromatic rings. The number of hydrogen-bond donors (Lipinski definition) is 1. The molecule has 0 aliphatic rings. The van der Waals surface area contributed by atoms with Gasteiger partial charge in [-0.25, -0.2) is 4.79 Å². The Morgan fingerprint density at radius 1 is 1.25 bits per heavy atom. The molecule has 1 amide bonds. The zero-order valence-corrected chi connectivity index (χ0v) is 13.1. The van der Waals surface area contributed by atoms with Crippen molar-refractivity contribution in [3.63, 3.8) is 0 Å². The van der Waals surface area contributed by atoms with Gasteiger partial charge in [-0.1, -0.05) is 0 Å². The van der Waals surface area contributed by atoms with Crippen molar-refractivity contribution in [2.45, 2.75) is 6.54 Å². The molecule has 0 aliphatic carbocycles. The van der Waals surface area contributed by atoms with Crippen LogP contribution in [-0.4, -0.2) is 28.9 Å². The number of amides is 1. The summed E-state index contributed by atoms with van der Waals surface area (Å²) in [5.41, 5.74) is 1.71. The third-order valence-corrected chi connectivity index (χ3v) is 4.32. The Morgan fingerprint density at radius 3 is 2.35 bits per heavy atom. The summed E-state index contributed by atoms with van der Waals surface area (Å²) in [6.07, 6.45) is 0.